The van der Waals surface area contributed by atoms with E-state index in [0.717, 1.165) is 41.2 Å². The molecule has 1 amide bonds. The van der Waals surface area contributed by atoms with Gasteiger partial charge >= 0.3 is 0 Å². The van der Waals surface area contributed by atoms with Crippen molar-refractivity contribution in [2.75, 3.05) is 13.1 Å². The summed E-state index contributed by atoms with van der Waals surface area (Å²) < 4.78 is 25.4. The van der Waals surface area contributed by atoms with Gasteiger partial charge in [0.2, 0.25) is 10.0 Å². The molecule has 1 aromatic heterocycles. The van der Waals surface area contributed by atoms with E-state index in [1.165, 1.54) is 18.6 Å². The maximum absolute atomic E-state index is 13.7. The van der Waals surface area contributed by atoms with Crippen LogP contribution in [0.4, 0.5) is 0 Å². The molecule has 5 rings (SSSR count). The van der Waals surface area contributed by atoms with Crippen molar-refractivity contribution in [2.45, 2.75) is 18.2 Å². The van der Waals surface area contributed by atoms with Crippen molar-refractivity contribution < 1.29 is 13.2 Å². The van der Waals surface area contributed by atoms with Crippen LogP contribution in [0.2, 0.25) is 5.02 Å². The summed E-state index contributed by atoms with van der Waals surface area (Å²) >= 11 is 6.09. The van der Waals surface area contributed by atoms with Crippen LogP contribution in [0.3, 0.4) is 0 Å². The molecule has 2 heterocycles. The zero-order chi connectivity index (χ0) is 22.8. The van der Waals surface area contributed by atoms with E-state index in [4.69, 9.17) is 16.7 Å². The van der Waals surface area contributed by atoms with Gasteiger partial charge in [0.1, 0.15) is 0 Å². The van der Waals surface area contributed by atoms with E-state index in [1.807, 2.05) is 47.7 Å². The van der Waals surface area contributed by atoms with Crippen molar-refractivity contribution in [1.82, 2.24) is 9.47 Å². The Labute approximate surface area is 192 Å². The van der Waals surface area contributed by atoms with E-state index in [-0.39, 0.29) is 10.8 Å². The van der Waals surface area contributed by atoms with Crippen molar-refractivity contribution in [3.05, 3.63) is 64.7 Å². The molecule has 2 aromatic carbocycles. The molecule has 32 heavy (non-hydrogen) atoms. The Morgan fingerprint density at radius 2 is 1.50 bits per heavy atom. The lowest BCUT2D eigenvalue weighted by molar-refractivity contribution is 0.0775. The second-order valence-corrected chi connectivity index (χ2v) is 10.8. The summed E-state index contributed by atoms with van der Waals surface area (Å²) in [7, 11) is -1.87. The van der Waals surface area contributed by atoms with Gasteiger partial charge in [0.15, 0.2) is 0 Å². The van der Waals surface area contributed by atoms with Gasteiger partial charge < -0.3 is 9.47 Å². The summed E-state index contributed by atoms with van der Waals surface area (Å²) in [4.78, 5) is 15.7. The van der Waals surface area contributed by atoms with E-state index in [0.29, 0.717) is 22.4 Å². The van der Waals surface area contributed by atoms with Crippen LogP contribution in [0.25, 0.3) is 22.5 Å². The highest BCUT2D eigenvalue weighted by Crippen LogP contribution is 2.46. The fourth-order valence-corrected chi connectivity index (χ4v) is 5.61. The normalized spacial score (nSPS) is 19.8. The van der Waals surface area contributed by atoms with Crippen LogP contribution < -0.4 is 5.14 Å². The predicted molar refractivity (Wildman–Crippen MR) is 125 cm³/mol. The number of hydrogen-bond acceptors (Lipinski definition) is 3. The predicted octanol–water partition coefficient (Wildman–Crippen LogP) is 4.06. The van der Waals surface area contributed by atoms with E-state index >= 15 is 0 Å². The molecule has 2 atom stereocenters. The summed E-state index contributed by atoms with van der Waals surface area (Å²) in [6, 6.07) is 13.9. The van der Waals surface area contributed by atoms with Gasteiger partial charge in [-0.25, -0.2) is 13.6 Å². The topological polar surface area (TPSA) is 85.4 Å². The number of halogens is 1. The zero-order valence-electron chi connectivity index (χ0n) is 17.9. The molecule has 1 aliphatic carbocycles. The number of primary sulfonamides is 1. The quantitative estimate of drug-likeness (QED) is 0.625. The van der Waals surface area contributed by atoms with Crippen molar-refractivity contribution >= 4 is 27.5 Å². The first-order valence-corrected chi connectivity index (χ1v) is 12.5. The van der Waals surface area contributed by atoms with Gasteiger partial charge in [-0.05, 0) is 66.1 Å². The molecule has 2 aliphatic rings. The number of sulfonamides is 1. The monoisotopic (exact) mass is 469 g/mol. The first kappa shape index (κ1) is 21.2. The second-order valence-electron chi connectivity index (χ2n) is 8.80. The Morgan fingerprint density at radius 3 is 2.06 bits per heavy atom. The van der Waals surface area contributed by atoms with Crippen LogP contribution >= 0.6 is 11.6 Å². The molecule has 8 heteroatoms. The lowest BCUT2D eigenvalue weighted by Gasteiger charge is -2.19. The third-order valence-corrected chi connectivity index (χ3v) is 7.87. The fraction of sp³-hybridized carbons (Fsp3) is 0.292. The third kappa shape index (κ3) is 3.54. The number of likely N-dealkylation sites (tertiary alicyclic amines) is 1. The third-order valence-electron chi connectivity index (χ3n) is 6.69. The lowest BCUT2D eigenvalue weighted by Crippen LogP contribution is -2.31. The molecular weight excluding hydrogens is 446 g/mol. The molecule has 2 fully saturated rings. The summed E-state index contributed by atoms with van der Waals surface area (Å²) in [5, 5.41) is 5.91. The highest BCUT2D eigenvalue weighted by Gasteiger charge is 2.47. The summed E-state index contributed by atoms with van der Waals surface area (Å²) in [6.07, 6.45) is 1.22. The Kier molecular flexibility index (Phi) is 4.96. The number of nitrogens with two attached hydrogens (primary N) is 1. The van der Waals surface area contributed by atoms with Crippen molar-refractivity contribution in [3.63, 3.8) is 0 Å². The van der Waals surface area contributed by atoms with Crippen molar-refractivity contribution in [2.24, 2.45) is 24.0 Å². The van der Waals surface area contributed by atoms with Gasteiger partial charge in [0.05, 0.1) is 21.8 Å². The maximum atomic E-state index is 13.7. The van der Waals surface area contributed by atoms with Gasteiger partial charge in [-0.1, -0.05) is 35.9 Å². The van der Waals surface area contributed by atoms with E-state index in [9.17, 15) is 13.2 Å². The number of nitrogens with zero attached hydrogens (tertiary/aromatic N) is 2. The highest BCUT2D eigenvalue weighted by atomic mass is 35.5. The zero-order valence-corrected chi connectivity index (χ0v) is 19.4. The maximum Gasteiger partial charge on any atom is 0.256 e. The van der Waals surface area contributed by atoms with E-state index < -0.39 is 10.0 Å². The summed E-state index contributed by atoms with van der Waals surface area (Å²) in [5.41, 5.74) is 4.96. The van der Waals surface area contributed by atoms with Crippen LogP contribution in [-0.2, 0) is 17.1 Å². The summed E-state index contributed by atoms with van der Waals surface area (Å²) in [6.45, 7) is 3.58. The highest BCUT2D eigenvalue weighted by molar-refractivity contribution is 7.89. The molecule has 1 saturated heterocycles. The molecule has 0 radical (unpaired) electrons. The fourth-order valence-electron chi connectivity index (χ4n) is 4.97. The average molecular weight is 470 g/mol. The first-order valence-electron chi connectivity index (χ1n) is 10.5. The Hall–Kier alpha value is -2.61. The molecule has 0 spiro atoms. The van der Waals surface area contributed by atoms with Crippen LogP contribution in [0.1, 0.15) is 22.3 Å². The molecular formula is C24H24ClN3O3S. The lowest BCUT2D eigenvalue weighted by atomic mass is 10.0. The molecule has 166 valence electrons. The molecule has 1 saturated carbocycles. The van der Waals surface area contributed by atoms with Gasteiger partial charge in [-0.3, -0.25) is 4.79 Å². The molecule has 2 unspecified atom stereocenters. The van der Waals surface area contributed by atoms with Crippen LogP contribution in [0, 0.1) is 18.8 Å². The van der Waals surface area contributed by atoms with Crippen molar-refractivity contribution in [1.29, 1.82) is 0 Å². The minimum Gasteiger partial charge on any atom is -0.343 e. The first-order chi connectivity index (χ1) is 15.1. The van der Waals surface area contributed by atoms with Crippen LogP contribution in [-0.4, -0.2) is 36.9 Å². The Balaban J connectivity index is 1.67. The standard InChI is InChI=1S/C24H24ClN3O3S/c1-14-21(24(29)28-12-17-11-18(17)13-28)23(16-5-9-20(10-6-16)32(26,30)31)27(2)22(14)15-3-7-19(25)8-4-15/h3-10,17-18H,11-13H2,1-2H3,(H2,26,30,31). The number of hydrogen-bond donors (Lipinski definition) is 1. The van der Waals surface area contributed by atoms with E-state index in [1.54, 1.807) is 12.1 Å². The number of fused-ring (bicyclic) bond motifs is 1. The summed E-state index contributed by atoms with van der Waals surface area (Å²) in [5.74, 6) is 1.29. The Bertz CT molecular complexity index is 1320. The average Bonchev–Trinajstić information content (AvgIpc) is 3.26. The number of rotatable bonds is 4. The Morgan fingerprint density at radius 1 is 0.969 bits per heavy atom. The van der Waals surface area contributed by atoms with Gasteiger partial charge in [0, 0.05) is 25.2 Å². The van der Waals surface area contributed by atoms with Crippen LogP contribution in [0.15, 0.2) is 53.4 Å². The van der Waals surface area contributed by atoms with Gasteiger partial charge in [0.25, 0.3) is 5.91 Å². The molecule has 6 nitrogen and oxygen atoms in total. The number of piperidine rings is 1. The largest absolute Gasteiger partial charge is 0.343 e. The number of carbonyl (C=O) groups excluding carboxylic acids is 1. The molecule has 2 N–H and O–H groups in total. The molecule has 3 aromatic rings. The molecule has 1 aliphatic heterocycles. The van der Waals surface area contributed by atoms with Gasteiger partial charge in [-0.15, -0.1) is 0 Å². The smallest absolute Gasteiger partial charge is 0.256 e. The number of carbonyl (C=O) groups is 1. The van der Waals surface area contributed by atoms with Crippen LogP contribution in [0.5, 0.6) is 0 Å². The number of benzene rings is 2. The minimum absolute atomic E-state index is 0.0241. The molecule has 0 bridgehead atoms. The second kappa shape index (κ2) is 7.47. The van der Waals surface area contributed by atoms with Crippen molar-refractivity contribution in [3.8, 4) is 22.5 Å². The SMILES string of the molecule is Cc1c(C(=O)N2CC3CC3C2)c(-c2ccc(S(N)(=O)=O)cc2)n(C)c1-c1ccc(Cl)cc1. The number of amides is 1. The minimum atomic E-state index is -3.80. The van der Waals surface area contributed by atoms with Gasteiger partial charge in [-0.2, -0.15) is 0 Å². The number of aromatic nitrogens is 1. The van der Waals surface area contributed by atoms with E-state index in [2.05, 4.69) is 0 Å².